The average molecular weight is 426 g/mol. The second kappa shape index (κ2) is 8.60. The van der Waals surface area contributed by atoms with E-state index in [9.17, 15) is 4.79 Å². The molecule has 2 aromatic rings. The summed E-state index contributed by atoms with van der Waals surface area (Å²) in [7, 11) is 1.59. The van der Waals surface area contributed by atoms with Gasteiger partial charge in [0.1, 0.15) is 23.1 Å². The number of amides is 1. The maximum absolute atomic E-state index is 12.5. The number of nitrogens with zero attached hydrogens (tertiary/aromatic N) is 1. The summed E-state index contributed by atoms with van der Waals surface area (Å²) < 4.78 is 11.5. The smallest absolute Gasteiger partial charge is 0.251 e. The maximum Gasteiger partial charge on any atom is 0.251 e. The number of nitrogens with two attached hydrogens (primary N) is 1. The summed E-state index contributed by atoms with van der Waals surface area (Å²) in [5.74, 6) is 2.31. The minimum atomic E-state index is -0.304. The molecule has 7 heteroatoms. The summed E-state index contributed by atoms with van der Waals surface area (Å²) in [5, 5.41) is 3.72. The number of thioether (sulfide) groups is 1. The Labute approximate surface area is 181 Å². The Morgan fingerprint density at radius 3 is 2.97 bits per heavy atom. The van der Waals surface area contributed by atoms with Crippen molar-refractivity contribution in [2.45, 2.75) is 43.9 Å². The van der Waals surface area contributed by atoms with E-state index in [-0.39, 0.29) is 23.6 Å². The number of methoxy groups -OCH3 is 1. The summed E-state index contributed by atoms with van der Waals surface area (Å²) in [6.07, 6.45) is 2.47. The number of aliphatic imine (C=N–C) groups is 1. The Balaban J connectivity index is 1.38. The average Bonchev–Trinajstić information content (AvgIpc) is 3.13. The Bertz CT molecular complexity index is 964. The zero-order valence-corrected chi connectivity index (χ0v) is 18.1. The maximum atomic E-state index is 12.5. The molecular formula is C23H27N3O3S. The molecule has 1 spiro atoms. The van der Waals surface area contributed by atoms with Gasteiger partial charge in [-0.15, -0.1) is 0 Å². The molecule has 2 aliphatic heterocycles. The summed E-state index contributed by atoms with van der Waals surface area (Å²) in [6.45, 7) is 2.02. The largest absolute Gasteiger partial charge is 0.497 e. The molecular weight excluding hydrogens is 398 g/mol. The highest BCUT2D eigenvalue weighted by Crippen LogP contribution is 2.47. The van der Waals surface area contributed by atoms with Gasteiger partial charge >= 0.3 is 0 Å². The lowest BCUT2D eigenvalue weighted by Crippen LogP contribution is -2.39. The number of nitrogens with one attached hydrogen (secondary N) is 1. The Morgan fingerprint density at radius 1 is 1.37 bits per heavy atom. The third kappa shape index (κ3) is 4.26. The molecule has 1 amide bonds. The molecule has 2 aromatic carbocycles. The van der Waals surface area contributed by atoms with Gasteiger partial charge in [0.2, 0.25) is 0 Å². The highest BCUT2D eigenvalue weighted by Gasteiger charge is 2.44. The summed E-state index contributed by atoms with van der Waals surface area (Å²) in [4.78, 5) is 17.3. The first-order valence-electron chi connectivity index (χ1n) is 10.2. The van der Waals surface area contributed by atoms with Gasteiger partial charge in [-0.2, -0.15) is 0 Å². The molecule has 4 rings (SSSR count). The predicted octanol–water partition coefficient (Wildman–Crippen LogP) is 3.70. The third-order valence-electron chi connectivity index (χ3n) is 5.66. The van der Waals surface area contributed by atoms with Gasteiger partial charge in [0, 0.05) is 29.3 Å². The van der Waals surface area contributed by atoms with Crippen LogP contribution in [0, 0.1) is 0 Å². The van der Waals surface area contributed by atoms with Crippen LogP contribution in [0.25, 0.3) is 0 Å². The summed E-state index contributed by atoms with van der Waals surface area (Å²) >= 11 is 1.61. The normalized spacial score (nSPS) is 23.3. The Hall–Kier alpha value is -2.67. The SMILES string of the molecule is COc1cccc(C(=O)NC(C)CC[C@H]2CC3(CSC(N)=N3)c3ccccc3O2)c1. The number of hydrogen-bond acceptors (Lipinski definition) is 6. The van der Waals surface area contributed by atoms with Gasteiger partial charge in [-0.1, -0.05) is 36.0 Å². The molecule has 3 atom stereocenters. The van der Waals surface area contributed by atoms with E-state index in [1.807, 2.05) is 37.3 Å². The molecule has 30 heavy (non-hydrogen) atoms. The number of carbonyl (C=O) groups excluding carboxylic acids is 1. The van der Waals surface area contributed by atoms with Crippen LogP contribution in [0.1, 0.15) is 42.1 Å². The molecule has 3 N–H and O–H groups in total. The minimum Gasteiger partial charge on any atom is -0.497 e. The van der Waals surface area contributed by atoms with Crippen molar-refractivity contribution >= 4 is 22.8 Å². The van der Waals surface area contributed by atoms with Crippen LogP contribution in [0.4, 0.5) is 0 Å². The molecule has 2 aliphatic rings. The van der Waals surface area contributed by atoms with Crippen LogP contribution >= 0.6 is 11.8 Å². The molecule has 2 unspecified atom stereocenters. The van der Waals surface area contributed by atoms with Crippen molar-refractivity contribution in [2.75, 3.05) is 12.9 Å². The molecule has 158 valence electrons. The molecule has 0 aromatic heterocycles. The van der Waals surface area contributed by atoms with E-state index >= 15 is 0 Å². The predicted molar refractivity (Wildman–Crippen MR) is 120 cm³/mol. The monoisotopic (exact) mass is 425 g/mol. The molecule has 0 radical (unpaired) electrons. The number of ether oxygens (including phenoxy) is 2. The van der Waals surface area contributed by atoms with Gasteiger partial charge in [0.25, 0.3) is 5.91 Å². The standard InChI is InChI=1S/C23H27N3O3S/c1-15(25-21(27)16-6-5-7-17(12-16)28-2)10-11-18-13-23(14-30-22(24)26-23)19-8-3-4-9-20(19)29-18/h3-9,12,15,18H,10-11,13-14H2,1-2H3,(H2,24,26)(H,25,27)/t15?,18-,23?/m0/s1. The van der Waals surface area contributed by atoms with E-state index in [0.717, 1.165) is 36.3 Å². The van der Waals surface area contributed by atoms with Gasteiger partial charge < -0.3 is 20.5 Å². The fraction of sp³-hybridized carbons (Fsp3) is 0.391. The second-order valence-electron chi connectivity index (χ2n) is 7.89. The quantitative estimate of drug-likeness (QED) is 0.737. The van der Waals surface area contributed by atoms with E-state index < -0.39 is 0 Å². The number of para-hydroxylation sites is 1. The van der Waals surface area contributed by atoms with E-state index in [1.165, 1.54) is 0 Å². The van der Waals surface area contributed by atoms with Gasteiger partial charge in [0.05, 0.1) is 7.11 Å². The number of hydrogen-bond donors (Lipinski definition) is 2. The van der Waals surface area contributed by atoms with Crippen LogP contribution < -0.4 is 20.5 Å². The fourth-order valence-electron chi connectivity index (χ4n) is 4.11. The zero-order chi connectivity index (χ0) is 21.1. The van der Waals surface area contributed by atoms with Crippen molar-refractivity contribution in [3.8, 4) is 11.5 Å². The highest BCUT2D eigenvalue weighted by molar-refractivity contribution is 8.14. The molecule has 0 saturated carbocycles. The van der Waals surface area contributed by atoms with Crippen molar-refractivity contribution in [3.63, 3.8) is 0 Å². The summed E-state index contributed by atoms with van der Waals surface area (Å²) in [6, 6.07) is 15.3. The number of benzene rings is 2. The third-order valence-corrected chi connectivity index (χ3v) is 6.67. The first kappa shape index (κ1) is 20.6. The van der Waals surface area contributed by atoms with Gasteiger partial charge in [-0.05, 0) is 44.0 Å². The first-order valence-corrected chi connectivity index (χ1v) is 11.2. The lowest BCUT2D eigenvalue weighted by molar-refractivity contribution is 0.0922. The minimum absolute atomic E-state index is 0.0203. The number of rotatable bonds is 6. The van der Waals surface area contributed by atoms with Gasteiger partial charge in [-0.25, -0.2) is 0 Å². The van der Waals surface area contributed by atoms with E-state index in [4.69, 9.17) is 20.2 Å². The lowest BCUT2D eigenvalue weighted by atomic mass is 9.82. The number of fused-ring (bicyclic) bond motifs is 2. The number of amidine groups is 1. The van der Waals surface area contributed by atoms with Crippen molar-refractivity contribution in [2.24, 2.45) is 10.7 Å². The van der Waals surface area contributed by atoms with Gasteiger partial charge in [-0.3, -0.25) is 9.79 Å². The Kier molecular flexibility index (Phi) is 5.90. The second-order valence-corrected chi connectivity index (χ2v) is 8.89. The van der Waals surface area contributed by atoms with Crippen LogP contribution in [0.3, 0.4) is 0 Å². The van der Waals surface area contributed by atoms with Crippen LogP contribution in [0.2, 0.25) is 0 Å². The molecule has 0 fully saturated rings. The lowest BCUT2D eigenvalue weighted by Gasteiger charge is -2.37. The van der Waals surface area contributed by atoms with Crippen molar-refractivity contribution in [1.82, 2.24) is 5.32 Å². The molecule has 2 heterocycles. The van der Waals surface area contributed by atoms with Crippen LogP contribution in [0.15, 0.2) is 53.5 Å². The van der Waals surface area contributed by atoms with E-state index in [1.54, 1.807) is 31.0 Å². The van der Waals surface area contributed by atoms with Crippen LogP contribution in [-0.2, 0) is 5.54 Å². The first-order chi connectivity index (χ1) is 14.5. The molecule has 0 saturated heterocycles. The van der Waals surface area contributed by atoms with Crippen LogP contribution in [0.5, 0.6) is 11.5 Å². The highest BCUT2D eigenvalue weighted by atomic mass is 32.2. The van der Waals surface area contributed by atoms with Crippen molar-refractivity contribution < 1.29 is 14.3 Å². The van der Waals surface area contributed by atoms with E-state index in [0.29, 0.717) is 16.5 Å². The zero-order valence-electron chi connectivity index (χ0n) is 17.3. The van der Waals surface area contributed by atoms with Crippen LogP contribution in [-0.4, -0.2) is 36.1 Å². The topological polar surface area (TPSA) is 85.9 Å². The van der Waals surface area contributed by atoms with E-state index in [2.05, 4.69) is 11.4 Å². The fourth-order valence-corrected chi connectivity index (χ4v) is 5.08. The van der Waals surface area contributed by atoms with Crippen molar-refractivity contribution in [1.29, 1.82) is 0 Å². The molecule has 0 bridgehead atoms. The van der Waals surface area contributed by atoms with Crippen molar-refractivity contribution in [3.05, 3.63) is 59.7 Å². The Morgan fingerprint density at radius 2 is 2.20 bits per heavy atom. The number of carbonyl (C=O) groups is 1. The molecule has 0 aliphatic carbocycles. The summed E-state index contributed by atoms with van der Waals surface area (Å²) in [5.41, 5.74) is 7.42. The molecule has 6 nitrogen and oxygen atoms in total. The van der Waals surface area contributed by atoms with Gasteiger partial charge in [0.15, 0.2) is 5.17 Å².